The van der Waals surface area contributed by atoms with E-state index in [1.165, 1.54) is 0 Å². The highest BCUT2D eigenvalue weighted by Crippen LogP contribution is 2.38. The van der Waals surface area contributed by atoms with Crippen molar-refractivity contribution in [3.8, 4) is 17.2 Å². The average Bonchev–Trinajstić information content (AvgIpc) is 2.89. The van der Waals surface area contributed by atoms with Gasteiger partial charge in [0, 0.05) is 24.2 Å². The van der Waals surface area contributed by atoms with Crippen LogP contribution in [0.4, 0.5) is 0 Å². The molecule has 0 saturated carbocycles. The number of ether oxygens (including phenoxy) is 2. The highest BCUT2D eigenvalue weighted by Gasteiger charge is 2.18. The Bertz CT molecular complexity index is 1060. The number of fused-ring (bicyclic) bond motifs is 1. The minimum atomic E-state index is -0.0909. The number of halogens is 1. The molecule has 0 radical (unpaired) electrons. The van der Waals surface area contributed by atoms with E-state index >= 15 is 0 Å². The summed E-state index contributed by atoms with van der Waals surface area (Å²) in [5.74, 6) is 1.06. The molecular weight excluding hydrogens is 402 g/mol. The van der Waals surface area contributed by atoms with E-state index in [1.807, 2.05) is 54.9 Å². The molecule has 4 rings (SSSR count). The minimum Gasteiger partial charge on any atom is -0.489 e. The zero-order valence-corrected chi connectivity index (χ0v) is 17.8. The van der Waals surface area contributed by atoms with Crippen LogP contribution in [0, 0.1) is 13.8 Å². The molecule has 6 nitrogen and oxygen atoms in total. The summed E-state index contributed by atoms with van der Waals surface area (Å²) in [6, 6.07) is 13.5. The molecule has 30 heavy (non-hydrogen) atoms. The second-order valence-corrected chi connectivity index (χ2v) is 7.71. The van der Waals surface area contributed by atoms with Crippen LogP contribution in [0.15, 0.2) is 42.5 Å². The summed E-state index contributed by atoms with van der Waals surface area (Å²) in [7, 11) is 0. The monoisotopic (exact) mass is 425 g/mol. The number of carbonyl (C=O) groups is 1. The number of hydrogen-bond acceptors (Lipinski definition) is 4. The number of carbonyl (C=O) groups excluding carboxylic acids is 1. The van der Waals surface area contributed by atoms with Gasteiger partial charge in [0.1, 0.15) is 0 Å². The predicted octanol–water partition coefficient (Wildman–Crippen LogP) is 4.16. The molecule has 0 saturated heterocycles. The molecule has 1 N–H and O–H groups in total. The molecule has 1 aliphatic heterocycles. The predicted molar refractivity (Wildman–Crippen MR) is 116 cm³/mol. The van der Waals surface area contributed by atoms with Crippen LogP contribution in [-0.2, 0) is 17.8 Å². The molecule has 0 bridgehead atoms. The lowest BCUT2D eigenvalue weighted by Crippen LogP contribution is -2.25. The summed E-state index contributed by atoms with van der Waals surface area (Å²) in [5, 5.41) is 8.09. The second kappa shape index (κ2) is 8.79. The van der Waals surface area contributed by atoms with Gasteiger partial charge in [-0.25, -0.2) is 4.68 Å². The number of benzene rings is 2. The van der Waals surface area contributed by atoms with Crippen molar-refractivity contribution in [1.82, 2.24) is 15.1 Å². The van der Waals surface area contributed by atoms with Gasteiger partial charge in [0.25, 0.3) is 0 Å². The van der Waals surface area contributed by atoms with Crippen LogP contribution in [0.2, 0.25) is 5.02 Å². The lowest BCUT2D eigenvalue weighted by atomic mass is 10.1. The number of nitrogens with zero attached hydrogens (tertiary/aromatic N) is 2. The zero-order chi connectivity index (χ0) is 21.1. The molecule has 2 heterocycles. The highest BCUT2D eigenvalue weighted by atomic mass is 35.5. The van der Waals surface area contributed by atoms with E-state index in [0.29, 0.717) is 36.3 Å². The first kappa shape index (κ1) is 20.3. The number of nitrogens with one attached hydrogen (secondary N) is 1. The molecule has 0 unspecified atom stereocenters. The normalized spacial score (nSPS) is 13.0. The fraction of sp³-hybridized carbons (Fsp3) is 0.304. The van der Waals surface area contributed by atoms with Crippen molar-refractivity contribution < 1.29 is 14.3 Å². The van der Waals surface area contributed by atoms with Gasteiger partial charge < -0.3 is 14.8 Å². The summed E-state index contributed by atoms with van der Waals surface area (Å²) in [6.45, 7) is 5.53. The Labute approximate surface area is 180 Å². The van der Waals surface area contributed by atoms with E-state index in [9.17, 15) is 4.79 Å². The summed E-state index contributed by atoms with van der Waals surface area (Å²) < 4.78 is 13.3. The second-order valence-electron chi connectivity index (χ2n) is 7.31. The van der Waals surface area contributed by atoms with Gasteiger partial charge in [-0.1, -0.05) is 29.8 Å². The van der Waals surface area contributed by atoms with Crippen molar-refractivity contribution >= 4 is 17.5 Å². The maximum Gasteiger partial charge on any atom is 0.224 e. The van der Waals surface area contributed by atoms with Gasteiger partial charge in [-0.05, 0) is 43.7 Å². The third kappa shape index (κ3) is 4.28. The summed E-state index contributed by atoms with van der Waals surface area (Å²) >= 11 is 6.33. The number of aryl methyl sites for hydroxylation is 1. The topological polar surface area (TPSA) is 65.4 Å². The smallest absolute Gasteiger partial charge is 0.224 e. The lowest BCUT2D eigenvalue weighted by Gasteiger charge is -2.12. The van der Waals surface area contributed by atoms with Crippen LogP contribution in [0.5, 0.6) is 11.5 Å². The standard InChI is InChI=1S/C23H24ClN3O3/c1-15-19(16(2)27(26-15)18-7-4-3-5-8-18)14-25-22(28)13-17-11-20(24)23-21(12-17)29-9-6-10-30-23/h3-5,7-8,11-12H,6,9-10,13-14H2,1-2H3,(H,25,28). The first-order chi connectivity index (χ1) is 14.5. The molecule has 7 heteroatoms. The van der Waals surface area contributed by atoms with Crippen molar-refractivity contribution in [2.75, 3.05) is 13.2 Å². The van der Waals surface area contributed by atoms with Gasteiger partial charge in [-0.15, -0.1) is 0 Å². The Balaban J connectivity index is 1.44. The lowest BCUT2D eigenvalue weighted by molar-refractivity contribution is -0.120. The van der Waals surface area contributed by atoms with Gasteiger partial charge in [-0.3, -0.25) is 4.79 Å². The highest BCUT2D eigenvalue weighted by molar-refractivity contribution is 6.32. The van der Waals surface area contributed by atoms with Crippen molar-refractivity contribution in [3.05, 3.63) is 70.0 Å². The van der Waals surface area contributed by atoms with E-state index in [2.05, 4.69) is 10.4 Å². The van der Waals surface area contributed by atoms with E-state index in [4.69, 9.17) is 21.1 Å². The molecular formula is C23H24ClN3O3. The molecule has 1 aliphatic rings. The van der Waals surface area contributed by atoms with Gasteiger partial charge in [-0.2, -0.15) is 5.10 Å². The molecule has 156 valence electrons. The summed E-state index contributed by atoms with van der Waals surface area (Å²) in [6.07, 6.45) is 1.01. The molecule has 0 atom stereocenters. The largest absolute Gasteiger partial charge is 0.489 e. The van der Waals surface area contributed by atoms with Crippen LogP contribution in [-0.4, -0.2) is 28.9 Å². The van der Waals surface area contributed by atoms with E-state index in [1.54, 1.807) is 6.07 Å². The van der Waals surface area contributed by atoms with E-state index in [-0.39, 0.29) is 12.3 Å². The van der Waals surface area contributed by atoms with Gasteiger partial charge >= 0.3 is 0 Å². The molecule has 2 aromatic carbocycles. The average molecular weight is 426 g/mol. The molecule has 0 fully saturated rings. The summed E-state index contributed by atoms with van der Waals surface area (Å²) in [4.78, 5) is 12.6. The van der Waals surface area contributed by atoms with Gasteiger partial charge in [0.2, 0.25) is 5.91 Å². The fourth-order valence-corrected chi connectivity index (χ4v) is 3.86. The van der Waals surface area contributed by atoms with Gasteiger partial charge in [0.15, 0.2) is 11.5 Å². The Morgan fingerprint density at radius 3 is 2.73 bits per heavy atom. The minimum absolute atomic E-state index is 0.0909. The van der Waals surface area contributed by atoms with Crippen molar-refractivity contribution in [2.24, 2.45) is 0 Å². The third-order valence-corrected chi connectivity index (χ3v) is 5.41. The molecule has 1 amide bonds. The Morgan fingerprint density at radius 1 is 1.17 bits per heavy atom. The molecule has 3 aromatic rings. The summed E-state index contributed by atoms with van der Waals surface area (Å²) in [5.41, 5.74) is 4.71. The third-order valence-electron chi connectivity index (χ3n) is 5.13. The number of para-hydroxylation sites is 1. The van der Waals surface area contributed by atoms with Crippen LogP contribution >= 0.6 is 11.6 Å². The first-order valence-electron chi connectivity index (χ1n) is 9.98. The van der Waals surface area contributed by atoms with Crippen LogP contribution < -0.4 is 14.8 Å². The Kier molecular flexibility index (Phi) is 5.95. The Morgan fingerprint density at radius 2 is 1.93 bits per heavy atom. The van der Waals surface area contributed by atoms with Crippen LogP contribution in [0.25, 0.3) is 5.69 Å². The Hall–Kier alpha value is -2.99. The molecule has 0 aliphatic carbocycles. The van der Waals surface area contributed by atoms with Crippen LogP contribution in [0.1, 0.15) is 28.9 Å². The quantitative estimate of drug-likeness (QED) is 0.666. The number of aromatic nitrogens is 2. The number of rotatable bonds is 5. The zero-order valence-electron chi connectivity index (χ0n) is 17.1. The molecule has 1 aromatic heterocycles. The molecule has 0 spiro atoms. The van der Waals surface area contributed by atoms with Gasteiger partial charge in [0.05, 0.1) is 36.0 Å². The number of amides is 1. The van der Waals surface area contributed by atoms with Crippen LogP contribution in [0.3, 0.4) is 0 Å². The van der Waals surface area contributed by atoms with Crippen molar-refractivity contribution in [3.63, 3.8) is 0 Å². The maximum absolute atomic E-state index is 12.6. The fourth-order valence-electron chi connectivity index (χ4n) is 3.57. The first-order valence-corrected chi connectivity index (χ1v) is 10.4. The van der Waals surface area contributed by atoms with Crippen molar-refractivity contribution in [2.45, 2.75) is 33.2 Å². The number of hydrogen-bond donors (Lipinski definition) is 1. The SMILES string of the molecule is Cc1nn(-c2ccccc2)c(C)c1CNC(=O)Cc1cc(Cl)c2c(c1)OCCCO2. The van der Waals surface area contributed by atoms with E-state index < -0.39 is 0 Å². The van der Waals surface area contributed by atoms with Crippen molar-refractivity contribution in [1.29, 1.82) is 0 Å². The maximum atomic E-state index is 12.6. The van der Waals surface area contributed by atoms with E-state index in [0.717, 1.165) is 34.6 Å².